The fourth-order valence-corrected chi connectivity index (χ4v) is 4.35. The molecule has 2 rings (SSSR count). The number of hydrogen-bond acceptors (Lipinski definition) is 5. The van der Waals surface area contributed by atoms with Crippen molar-refractivity contribution in [1.29, 1.82) is 0 Å². The van der Waals surface area contributed by atoms with E-state index in [0.717, 1.165) is 10.6 Å². The second kappa shape index (κ2) is 7.94. The lowest BCUT2D eigenvalue weighted by molar-refractivity contribution is -0.135. The first-order valence-corrected chi connectivity index (χ1v) is 10.2. The quantitative estimate of drug-likeness (QED) is 0.772. The van der Waals surface area contributed by atoms with E-state index in [1.165, 1.54) is 7.11 Å². The summed E-state index contributed by atoms with van der Waals surface area (Å²) in [5.74, 6) is -0.299. The molecular weight excluding hydrogens is 358 g/mol. The van der Waals surface area contributed by atoms with Gasteiger partial charge >= 0.3 is 0 Å². The highest BCUT2D eigenvalue weighted by atomic mass is 32.2. The monoisotopic (exact) mass is 383 g/mol. The van der Waals surface area contributed by atoms with Crippen LogP contribution in [0.2, 0.25) is 0 Å². The Kier molecular flexibility index (Phi) is 6.12. The zero-order valence-corrected chi connectivity index (χ0v) is 16.0. The van der Waals surface area contributed by atoms with Crippen LogP contribution in [0.25, 0.3) is 0 Å². The summed E-state index contributed by atoms with van der Waals surface area (Å²) in [5.41, 5.74) is 5.70. The zero-order valence-electron chi connectivity index (χ0n) is 15.2. The standard InChI is InChI=1S/C17H25N3O5S/c1-12(17(22)19-10-8-13(9-11-19)16(18)21)20(26(3,23)24)14-4-6-15(25-2)7-5-14/h4-7,12-13H,8-11H2,1-3H3,(H2,18,21)/t12-/m0/s1. The molecule has 1 saturated heterocycles. The van der Waals surface area contributed by atoms with Crippen molar-refractivity contribution >= 4 is 27.5 Å². The predicted molar refractivity (Wildman–Crippen MR) is 98.3 cm³/mol. The number of nitrogens with two attached hydrogens (primary N) is 1. The third-order valence-corrected chi connectivity index (χ3v) is 5.84. The van der Waals surface area contributed by atoms with Gasteiger partial charge in [-0.05, 0) is 44.0 Å². The van der Waals surface area contributed by atoms with Gasteiger partial charge in [0.1, 0.15) is 11.8 Å². The van der Waals surface area contributed by atoms with E-state index in [2.05, 4.69) is 0 Å². The summed E-state index contributed by atoms with van der Waals surface area (Å²) in [6, 6.07) is 5.58. The molecule has 0 aromatic heterocycles. The number of sulfonamides is 1. The van der Waals surface area contributed by atoms with Crippen molar-refractivity contribution in [2.45, 2.75) is 25.8 Å². The largest absolute Gasteiger partial charge is 0.497 e. The van der Waals surface area contributed by atoms with Gasteiger partial charge in [-0.1, -0.05) is 0 Å². The number of hydrogen-bond donors (Lipinski definition) is 1. The summed E-state index contributed by atoms with van der Waals surface area (Å²) >= 11 is 0. The van der Waals surface area contributed by atoms with Crippen molar-refractivity contribution < 1.29 is 22.7 Å². The van der Waals surface area contributed by atoms with Gasteiger partial charge in [-0.3, -0.25) is 13.9 Å². The van der Waals surface area contributed by atoms with Crippen LogP contribution < -0.4 is 14.8 Å². The van der Waals surface area contributed by atoms with Gasteiger partial charge in [-0.2, -0.15) is 0 Å². The van der Waals surface area contributed by atoms with Gasteiger partial charge in [0.05, 0.1) is 19.1 Å². The van der Waals surface area contributed by atoms with Crippen LogP contribution in [0.1, 0.15) is 19.8 Å². The number of benzene rings is 1. The molecule has 2 N–H and O–H groups in total. The van der Waals surface area contributed by atoms with Crippen molar-refractivity contribution in [2.75, 3.05) is 30.8 Å². The minimum Gasteiger partial charge on any atom is -0.497 e. The fourth-order valence-electron chi connectivity index (χ4n) is 3.18. The van der Waals surface area contributed by atoms with Gasteiger partial charge in [0.15, 0.2) is 0 Å². The minimum absolute atomic E-state index is 0.234. The van der Waals surface area contributed by atoms with E-state index < -0.39 is 16.1 Å². The molecule has 1 aliphatic rings. The molecule has 1 aromatic rings. The highest BCUT2D eigenvalue weighted by Gasteiger charge is 2.34. The first-order chi connectivity index (χ1) is 12.1. The van der Waals surface area contributed by atoms with Crippen molar-refractivity contribution in [3.63, 3.8) is 0 Å². The lowest BCUT2D eigenvalue weighted by atomic mass is 9.96. The molecule has 0 unspecified atom stereocenters. The number of nitrogens with zero attached hydrogens (tertiary/aromatic N) is 2. The molecule has 144 valence electrons. The number of primary amides is 1. The molecule has 1 heterocycles. The van der Waals surface area contributed by atoms with Crippen LogP contribution in [0.3, 0.4) is 0 Å². The molecule has 0 saturated carbocycles. The number of piperidine rings is 1. The summed E-state index contributed by atoms with van der Waals surface area (Å²) < 4.78 is 30.8. The summed E-state index contributed by atoms with van der Waals surface area (Å²) in [7, 11) is -2.15. The smallest absolute Gasteiger partial charge is 0.246 e. The average Bonchev–Trinajstić information content (AvgIpc) is 2.60. The number of carbonyl (C=O) groups is 2. The maximum Gasteiger partial charge on any atom is 0.246 e. The van der Waals surface area contributed by atoms with Crippen LogP contribution in [0.15, 0.2) is 24.3 Å². The molecule has 0 aliphatic carbocycles. The van der Waals surface area contributed by atoms with E-state index in [1.54, 1.807) is 36.1 Å². The molecule has 1 atom stereocenters. The molecule has 0 radical (unpaired) electrons. The second-order valence-electron chi connectivity index (χ2n) is 6.43. The molecule has 9 heteroatoms. The third-order valence-electron chi connectivity index (χ3n) is 4.60. The number of ether oxygens (including phenoxy) is 1. The van der Waals surface area contributed by atoms with E-state index in [4.69, 9.17) is 10.5 Å². The molecule has 1 fully saturated rings. The van der Waals surface area contributed by atoms with Gasteiger partial charge in [0.2, 0.25) is 21.8 Å². The van der Waals surface area contributed by atoms with Crippen LogP contribution in [0.5, 0.6) is 5.75 Å². The Balaban J connectivity index is 2.20. The SMILES string of the molecule is COc1ccc(N([C@@H](C)C(=O)N2CCC(C(N)=O)CC2)S(C)(=O)=O)cc1. The number of rotatable bonds is 6. The number of carbonyl (C=O) groups excluding carboxylic acids is 2. The zero-order chi connectivity index (χ0) is 19.5. The Bertz CT molecular complexity index is 755. The summed E-state index contributed by atoms with van der Waals surface area (Å²) in [6.07, 6.45) is 2.06. The lowest BCUT2D eigenvalue weighted by Crippen LogP contribution is -2.52. The van der Waals surface area contributed by atoms with Crippen LogP contribution in [-0.2, 0) is 19.6 Å². The summed E-state index contributed by atoms with van der Waals surface area (Å²) in [4.78, 5) is 25.7. The topological polar surface area (TPSA) is 110 Å². The number of methoxy groups -OCH3 is 1. The van der Waals surface area contributed by atoms with Crippen LogP contribution in [0.4, 0.5) is 5.69 Å². The maximum absolute atomic E-state index is 12.8. The highest BCUT2D eigenvalue weighted by molar-refractivity contribution is 7.92. The van der Waals surface area contributed by atoms with Crippen molar-refractivity contribution in [1.82, 2.24) is 4.90 Å². The van der Waals surface area contributed by atoms with Gasteiger partial charge in [0, 0.05) is 19.0 Å². The first kappa shape index (κ1) is 20.0. The summed E-state index contributed by atoms with van der Waals surface area (Å²) in [5, 5.41) is 0. The van der Waals surface area contributed by atoms with E-state index in [-0.39, 0.29) is 17.7 Å². The minimum atomic E-state index is -3.67. The molecule has 0 bridgehead atoms. The van der Waals surface area contributed by atoms with E-state index in [1.807, 2.05) is 0 Å². The van der Waals surface area contributed by atoms with Gasteiger partial charge < -0.3 is 15.4 Å². The molecule has 1 aliphatic heterocycles. The van der Waals surface area contributed by atoms with E-state index in [9.17, 15) is 18.0 Å². The molecule has 2 amide bonds. The molecule has 8 nitrogen and oxygen atoms in total. The third kappa shape index (κ3) is 4.46. The Labute approximate surface area is 153 Å². The Morgan fingerprint density at radius 1 is 1.23 bits per heavy atom. The molecule has 0 spiro atoms. The molecular formula is C17H25N3O5S. The van der Waals surface area contributed by atoms with Crippen molar-refractivity contribution in [3.8, 4) is 5.75 Å². The van der Waals surface area contributed by atoms with E-state index in [0.29, 0.717) is 37.4 Å². The van der Waals surface area contributed by atoms with E-state index >= 15 is 0 Å². The number of anilines is 1. The maximum atomic E-state index is 12.8. The molecule has 26 heavy (non-hydrogen) atoms. The van der Waals surface area contributed by atoms with Crippen molar-refractivity contribution in [3.05, 3.63) is 24.3 Å². The lowest BCUT2D eigenvalue weighted by Gasteiger charge is -2.36. The normalized spacial score (nSPS) is 16.8. The van der Waals surface area contributed by atoms with Gasteiger partial charge in [-0.15, -0.1) is 0 Å². The van der Waals surface area contributed by atoms with Crippen LogP contribution in [0, 0.1) is 5.92 Å². The van der Waals surface area contributed by atoms with Crippen molar-refractivity contribution in [2.24, 2.45) is 11.7 Å². The van der Waals surface area contributed by atoms with Crippen LogP contribution >= 0.6 is 0 Å². The predicted octanol–water partition coefficient (Wildman–Crippen LogP) is 0.574. The second-order valence-corrected chi connectivity index (χ2v) is 8.29. The Morgan fingerprint density at radius 3 is 2.19 bits per heavy atom. The molecule has 1 aromatic carbocycles. The Hall–Kier alpha value is -2.29. The van der Waals surface area contributed by atoms with Crippen LogP contribution in [-0.4, -0.2) is 57.6 Å². The fraction of sp³-hybridized carbons (Fsp3) is 0.529. The average molecular weight is 383 g/mol. The number of amides is 2. The highest BCUT2D eigenvalue weighted by Crippen LogP contribution is 2.25. The van der Waals surface area contributed by atoms with Gasteiger partial charge in [0.25, 0.3) is 0 Å². The number of likely N-dealkylation sites (tertiary alicyclic amines) is 1. The Morgan fingerprint density at radius 2 is 1.77 bits per heavy atom. The summed E-state index contributed by atoms with van der Waals surface area (Å²) in [6.45, 7) is 2.34. The van der Waals surface area contributed by atoms with Gasteiger partial charge in [-0.25, -0.2) is 8.42 Å². The first-order valence-electron chi connectivity index (χ1n) is 8.36.